The molecule has 3 aromatic rings. The van der Waals surface area contributed by atoms with Crippen LogP contribution in [0.25, 0.3) is 5.82 Å². The van der Waals surface area contributed by atoms with E-state index >= 15 is 0 Å². The Bertz CT molecular complexity index is 1120. The van der Waals surface area contributed by atoms with Crippen molar-refractivity contribution < 1.29 is 17.6 Å². The van der Waals surface area contributed by atoms with E-state index in [1.165, 1.54) is 6.20 Å². The SMILES string of the molecule is NS(=O)(=O)c1cc(NC(=O)Cc2ccccc2Cl)cnc1-n1cc(F)cn1. The van der Waals surface area contributed by atoms with Crippen molar-refractivity contribution in [1.29, 1.82) is 0 Å². The van der Waals surface area contributed by atoms with Gasteiger partial charge in [0.2, 0.25) is 15.9 Å². The number of amides is 1. The average molecular weight is 410 g/mol. The zero-order valence-electron chi connectivity index (χ0n) is 13.6. The van der Waals surface area contributed by atoms with Crippen LogP contribution in [0.5, 0.6) is 0 Å². The van der Waals surface area contributed by atoms with E-state index in [2.05, 4.69) is 15.4 Å². The number of anilines is 1. The fourth-order valence-electron chi connectivity index (χ4n) is 2.32. The van der Waals surface area contributed by atoms with Crippen molar-refractivity contribution in [2.24, 2.45) is 5.14 Å². The quantitative estimate of drug-likeness (QED) is 0.666. The molecule has 0 radical (unpaired) electrons. The number of halogens is 2. The van der Waals surface area contributed by atoms with Gasteiger partial charge in [0.1, 0.15) is 4.90 Å². The van der Waals surface area contributed by atoms with Gasteiger partial charge in [-0.3, -0.25) is 4.79 Å². The number of pyridine rings is 1. The van der Waals surface area contributed by atoms with Gasteiger partial charge >= 0.3 is 0 Å². The number of primary sulfonamides is 1. The molecule has 140 valence electrons. The number of rotatable bonds is 5. The third-order valence-corrected chi connectivity index (χ3v) is 4.78. The van der Waals surface area contributed by atoms with Gasteiger partial charge < -0.3 is 5.32 Å². The van der Waals surface area contributed by atoms with Gasteiger partial charge in [-0.15, -0.1) is 0 Å². The molecule has 2 aromatic heterocycles. The van der Waals surface area contributed by atoms with Crippen LogP contribution in [0.3, 0.4) is 0 Å². The molecule has 3 N–H and O–H groups in total. The second-order valence-electron chi connectivity index (χ2n) is 5.51. The predicted octanol–water partition coefficient (Wildman–Crippen LogP) is 1.89. The monoisotopic (exact) mass is 409 g/mol. The Morgan fingerprint density at radius 2 is 2.04 bits per heavy atom. The number of sulfonamides is 1. The maximum absolute atomic E-state index is 13.2. The van der Waals surface area contributed by atoms with Crippen molar-refractivity contribution in [3.8, 4) is 5.82 Å². The van der Waals surface area contributed by atoms with E-state index in [1.807, 2.05) is 0 Å². The van der Waals surface area contributed by atoms with Gasteiger partial charge in [0.05, 0.1) is 30.7 Å². The molecular formula is C16H13ClFN5O3S. The van der Waals surface area contributed by atoms with Crippen molar-refractivity contribution >= 4 is 33.2 Å². The van der Waals surface area contributed by atoms with E-state index in [0.29, 0.717) is 10.6 Å². The molecule has 27 heavy (non-hydrogen) atoms. The molecule has 11 heteroatoms. The molecule has 0 aliphatic carbocycles. The largest absolute Gasteiger partial charge is 0.324 e. The van der Waals surface area contributed by atoms with Crippen molar-refractivity contribution in [2.75, 3.05) is 5.32 Å². The lowest BCUT2D eigenvalue weighted by atomic mass is 10.1. The van der Waals surface area contributed by atoms with Crippen LogP contribution in [0, 0.1) is 5.82 Å². The highest BCUT2D eigenvalue weighted by atomic mass is 35.5. The number of nitrogens with one attached hydrogen (secondary N) is 1. The number of hydrogen-bond acceptors (Lipinski definition) is 5. The van der Waals surface area contributed by atoms with Crippen molar-refractivity contribution in [2.45, 2.75) is 11.3 Å². The molecule has 0 aliphatic rings. The Morgan fingerprint density at radius 1 is 1.30 bits per heavy atom. The van der Waals surface area contributed by atoms with Crippen LogP contribution in [0.4, 0.5) is 10.1 Å². The third kappa shape index (κ3) is 4.48. The van der Waals surface area contributed by atoms with E-state index in [9.17, 15) is 17.6 Å². The van der Waals surface area contributed by atoms with Gasteiger partial charge in [0, 0.05) is 5.02 Å². The number of hydrogen-bond donors (Lipinski definition) is 2. The fraction of sp³-hybridized carbons (Fsp3) is 0.0625. The number of carbonyl (C=O) groups excluding carboxylic acids is 1. The summed E-state index contributed by atoms with van der Waals surface area (Å²) in [6, 6.07) is 7.96. The lowest BCUT2D eigenvalue weighted by molar-refractivity contribution is -0.115. The van der Waals surface area contributed by atoms with Gasteiger partial charge in [-0.25, -0.2) is 27.6 Å². The van der Waals surface area contributed by atoms with Crippen LogP contribution in [-0.4, -0.2) is 29.1 Å². The lowest BCUT2D eigenvalue weighted by Crippen LogP contribution is -2.19. The number of aromatic nitrogens is 3. The average Bonchev–Trinajstić information content (AvgIpc) is 3.02. The number of nitrogens with zero attached hydrogens (tertiary/aromatic N) is 3. The van der Waals surface area contributed by atoms with Gasteiger partial charge in [-0.2, -0.15) is 5.10 Å². The molecule has 8 nitrogen and oxygen atoms in total. The summed E-state index contributed by atoms with van der Waals surface area (Å²) in [6.45, 7) is 0. The third-order valence-electron chi connectivity index (χ3n) is 3.50. The Kier molecular flexibility index (Phi) is 5.22. The summed E-state index contributed by atoms with van der Waals surface area (Å²) < 4.78 is 37.9. The lowest BCUT2D eigenvalue weighted by Gasteiger charge is -2.10. The van der Waals surface area contributed by atoms with Gasteiger partial charge in [-0.1, -0.05) is 29.8 Å². The molecule has 0 spiro atoms. The highest BCUT2D eigenvalue weighted by Gasteiger charge is 2.19. The molecule has 0 fully saturated rings. The summed E-state index contributed by atoms with van der Waals surface area (Å²) >= 11 is 6.02. The first kappa shape index (κ1) is 19.0. The summed E-state index contributed by atoms with van der Waals surface area (Å²) in [6.07, 6.45) is 3.05. The topological polar surface area (TPSA) is 120 Å². The van der Waals surface area contributed by atoms with E-state index in [-0.39, 0.29) is 17.9 Å². The minimum atomic E-state index is -4.21. The number of benzene rings is 1. The van der Waals surface area contributed by atoms with Gasteiger partial charge in [0.15, 0.2) is 11.6 Å². The van der Waals surface area contributed by atoms with Crippen molar-refractivity contribution in [3.63, 3.8) is 0 Å². The number of nitrogens with two attached hydrogens (primary N) is 1. The Labute approximate surface area is 158 Å². The molecule has 0 atom stereocenters. The summed E-state index contributed by atoms with van der Waals surface area (Å²) in [5.41, 5.74) is 0.715. The summed E-state index contributed by atoms with van der Waals surface area (Å²) in [5, 5.41) is 11.9. The maximum atomic E-state index is 13.2. The Balaban J connectivity index is 1.89. The Morgan fingerprint density at radius 3 is 2.67 bits per heavy atom. The molecule has 3 rings (SSSR count). The first-order valence-electron chi connectivity index (χ1n) is 7.50. The van der Waals surface area contributed by atoms with Crippen LogP contribution >= 0.6 is 11.6 Å². The summed E-state index contributed by atoms with van der Waals surface area (Å²) in [7, 11) is -4.21. The molecule has 1 amide bonds. The predicted molar refractivity (Wildman–Crippen MR) is 96.5 cm³/mol. The normalized spacial score (nSPS) is 11.4. The van der Waals surface area contributed by atoms with Crippen LogP contribution in [0.2, 0.25) is 5.02 Å². The minimum absolute atomic E-state index is 0.0174. The first-order valence-corrected chi connectivity index (χ1v) is 9.43. The highest BCUT2D eigenvalue weighted by molar-refractivity contribution is 7.89. The Hall–Kier alpha value is -2.82. The van der Waals surface area contributed by atoms with Crippen LogP contribution in [-0.2, 0) is 21.2 Å². The second kappa shape index (κ2) is 7.43. The first-order chi connectivity index (χ1) is 12.7. The van der Waals surface area contributed by atoms with Crippen LogP contribution < -0.4 is 10.5 Å². The summed E-state index contributed by atoms with van der Waals surface area (Å²) in [4.78, 5) is 15.7. The molecule has 0 saturated carbocycles. The molecule has 0 saturated heterocycles. The van der Waals surface area contributed by atoms with E-state index in [1.54, 1.807) is 24.3 Å². The van der Waals surface area contributed by atoms with Crippen molar-refractivity contribution in [3.05, 3.63) is 65.3 Å². The van der Waals surface area contributed by atoms with Crippen LogP contribution in [0.1, 0.15) is 5.56 Å². The maximum Gasteiger partial charge on any atom is 0.241 e. The molecule has 0 aliphatic heterocycles. The highest BCUT2D eigenvalue weighted by Crippen LogP contribution is 2.21. The van der Waals surface area contributed by atoms with Gasteiger partial charge in [-0.05, 0) is 17.7 Å². The van der Waals surface area contributed by atoms with Crippen LogP contribution in [0.15, 0.2) is 53.8 Å². The summed E-state index contributed by atoms with van der Waals surface area (Å²) in [5.74, 6) is -1.29. The minimum Gasteiger partial charge on any atom is -0.324 e. The fourth-order valence-corrected chi connectivity index (χ4v) is 3.22. The molecule has 1 aromatic carbocycles. The number of carbonyl (C=O) groups is 1. The second-order valence-corrected chi connectivity index (χ2v) is 7.45. The molecule has 0 bridgehead atoms. The van der Waals surface area contributed by atoms with Crippen molar-refractivity contribution in [1.82, 2.24) is 14.8 Å². The molecule has 2 heterocycles. The zero-order valence-corrected chi connectivity index (χ0v) is 15.2. The smallest absolute Gasteiger partial charge is 0.241 e. The molecular weight excluding hydrogens is 397 g/mol. The van der Waals surface area contributed by atoms with E-state index < -0.39 is 26.6 Å². The van der Waals surface area contributed by atoms with E-state index in [4.69, 9.17) is 16.7 Å². The van der Waals surface area contributed by atoms with Gasteiger partial charge in [0.25, 0.3) is 0 Å². The molecule has 0 unspecified atom stereocenters. The zero-order chi connectivity index (χ0) is 19.6. The standard InChI is InChI=1S/C16H13ClFN5O3S/c17-13-4-2-1-3-10(13)5-15(24)22-12-6-14(27(19,25)26)16(20-8-12)23-9-11(18)7-21-23/h1-4,6-9H,5H2,(H,22,24)(H2,19,25,26). The van der Waals surface area contributed by atoms with E-state index in [0.717, 1.165) is 23.1 Å².